The second-order valence-corrected chi connectivity index (χ2v) is 9.93. The number of carboxylic acids is 1. The molecule has 5 N–H and O–H groups in total. The van der Waals surface area contributed by atoms with E-state index in [0.29, 0.717) is 43.0 Å². The van der Waals surface area contributed by atoms with Crippen LogP contribution in [-0.2, 0) is 94.8 Å². The normalized spacial score (nSPS) is 14.3. The fourth-order valence-corrected chi connectivity index (χ4v) is 4.61. The van der Waals surface area contributed by atoms with Crippen LogP contribution in [0, 0.1) is 11.8 Å². The zero-order chi connectivity index (χ0) is 38.2. The molecule has 20 heteroatoms. The first-order valence-corrected chi connectivity index (χ1v) is 15.1. The molecule has 1 fully saturated rings. The molecule has 3 unspecified atom stereocenters. The second kappa shape index (κ2) is 33.0. The average Bonchev–Trinajstić information content (AvgIpc) is 3.35. The Morgan fingerprint density at radius 3 is 1.83 bits per heavy atom. The summed E-state index contributed by atoms with van der Waals surface area (Å²) in [5.41, 5.74) is 12.7. The van der Waals surface area contributed by atoms with Gasteiger partial charge in [0.15, 0.2) is 0 Å². The van der Waals surface area contributed by atoms with E-state index in [1.165, 1.54) is 49.3 Å². The predicted molar refractivity (Wildman–Crippen MR) is 185 cm³/mol. The Kier molecular flexibility index (Phi) is 35.9. The SMILES string of the molecule is CC(=O)O.CC(=O)OC(C)=O.CCOC(=O)C1C2Cc3cc(OC)ncc3C21.CCOC(=O)C=[N+]=[N-].COc1cc2c(cn1)C=CC2.C[C-]=O.O.O.[Rh].[Rh]. The summed E-state index contributed by atoms with van der Waals surface area (Å²) >= 11 is 0. The summed E-state index contributed by atoms with van der Waals surface area (Å²) in [5.74, 6) is -0.456. The largest absolute Gasteiger partial charge is 0.542 e. The van der Waals surface area contributed by atoms with Gasteiger partial charge in [0.25, 0.3) is 5.97 Å². The first-order valence-electron chi connectivity index (χ1n) is 15.1. The first-order chi connectivity index (χ1) is 23.7. The summed E-state index contributed by atoms with van der Waals surface area (Å²) in [6, 6.07) is 3.96. The van der Waals surface area contributed by atoms with Gasteiger partial charge in [-0.3, -0.25) is 25.5 Å². The van der Waals surface area contributed by atoms with Gasteiger partial charge in [0.1, 0.15) is 0 Å². The number of pyridine rings is 2. The molecular weight excluding hydrogens is 894 g/mol. The Labute approximate surface area is 339 Å². The molecule has 3 aliphatic carbocycles. The predicted octanol–water partition coefficient (Wildman–Crippen LogP) is 1.70. The maximum atomic E-state index is 11.7. The van der Waals surface area contributed by atoms with Crippen LogP contribution >= 0.6 is 0 Å². The molecule has 0 spiro atoms. The van der Waals surface area contributed by atoms with Gasteiger partial charge < -0.3 is 50.1 Å². The van der Waals surface area contributed by atoms with E-state index in [9.17, 15) is 19.2 Å². The Morgan fingerprint density at radius 1 is 0.926 bits per heavy atom. The molecule has 2 aromatic rings. The van der Waals surface area contributed by atoms with Crippen molar-refractivity contribution in [2.24, 2.45) is 11.8 Å². The van der Waals surface area contributed by atoms with Crippen molar-refractivity contribution in [2.75, 3.05) is 27.4 Å². The van der Waals surface area contributed by atoms with E-state index < -0.39 is 23.9 Å². The minimum Gasteiger partial charge on any atom is -0.542 e. The number of aliphatic carboxylic acids is 1. The zero-order valence-electron chi connectivity index (χ0n) is 31.0. The van der Waals surface area contributed by atoms with E-state index in [2.05, 4.69) is 36.4 Å². The van der Waals surface area contributed by atoms with Gasteiger partial charge >= 0.3 is 30.1 Å². The number of rotatable bonds is 6. The summed E-state index contributed by atoms with van der Waals surface area (Å²) in [6.45, 7) is 9.04. The third-order valence-electron chi connectivity index (χ3n) is 6.33. The quantitative estimate of drug-likeness (QED) is 0.0631. The van der Waals surface area contributed by atoms with Crippen LogP contribution in [0.5, 0.6) is 11.8 Å². The van der Waals surface area contributed by atoms with Crippen molar-refractivity contribution in [2.45, 2.75) is 60.3 Å². The van der Waals surface area contributed by atoms with Crippen LogP contribution in [0.3, 0.4) is 0 Å². The van der Waals surface area contributed by atoms with Gasteiger partial charge in [-0.2, -0.15) is 11.7 Å². The molecule has 0 aliphatic heterocycles. The Morgan fingerprint density at radius 2 is 1.41 bits per heavy atom. The Hall–Kier alpha value is -4.59. The molecule has 2 radical (unpaired) electrons. The van der Waals surface area contributed by atoms with Crippen molar-refractivity contribution in [1.82, 2.24) is 9.97 Å². The molecule has 0 bridgehead atoms. The first kappa shape index (κ1) is 58.7. The van der Waals surface area contributed by atoms with Crippen molar-refractivity contribution in [3.8, 4) is 11.8 Å². The van der Waals surface area contributed by atoms with Crippen LogP contribution in [-0.4, -0.2) is 101 Å². The van der Waals surface area contributed by atoms with Crippen LogP contribution in [0.4, 0.5) is 0 Å². The van der Waals surface area contributed by atoms with Gasteiger partial charge in [0, 0.05) is 90.2 Å². The number of carboxylic acid groups (broad SMARTS) is 1. The number of carbonyl (C=O) groups excluding carboxylic acids is 5. The Balaban J connectivity index is -0.000000191. The molecule has 3 atom stereocenters. The van der Waals surface area contributed by atoms with Crippen LogP contribution in [0.1, 0.15) is 69.7 Å². The van der Waals surface area contributed by atoms with Gasteiger partial charge in [-0.25, -0.2) is 14.8 Å². The number of esters is 4. The van der Waals surface area contributed by atoms with Crippen molar-refractivity contribution >= 4 is 48.4 Å². The summed E-state index contributed by atoms with van der Waals surface area (Å²) in [5, 5.41) is 7.42. The number of hydrogen-bond acceptors (Lipinski definition) is 13. The van der Waals surface area contributed by atoms with E-state index in [-0.39, 0.29) is 61.8 Å². The number of fused-ring (bicyclic) bond motifs is 4. The van der Waals surface area contributed by atoms with Gasteiger partial charge in [-0.1, -0.05) is 12.2 Å². The van der Waals surface area contributed by atoms with E-state index >= 15 is 0 Å². The molecule has 3 aliphatic rings. The number of carbonyl (C=O) groups is 5. The van der Waals surface area contributed by atoms with Crippen molar-refractivity contribution < 1.29 is 112 Å². The molecule has 2 heterocycles. The minimum atomic E-state index is -0.833. The van der Waals surface area contributed by atoms with Gasteiger partial charge in [-0.15, -0.1) is 0 Å². The molecule has 306 valence electrons. The van der Waals surface area contributed by atoms with Crippen LogP contribution in [0.2, 0.25) is 0 Å². The van der Waals surface area contributed by atoms with E-state index in [0.717, 1.165) is 19.8 Å². The van der Waals surface area contributed by atoms with E-state index in [1.54, 1.807) is 21.1 Å². The van der Waals surface area contributed by atoms with Crippen molar-refractivity contribution in [1.29, 1.82) is 0 Å². The molecule has 0 aromatic carbocycles. The molecule has 1 saturated carbocycles. The molecule has 0 saturated heterocycles. The number of hydrogen-bond donors (Lipinski definition) is 1. The van der Waals surface area contributed by atoms with Gasteiger partial charge in [0.2, 0.25) is 11.8 Å². The van der Waals surface area contributed by atoms with Gasteiger partial charge in [-0.05, 0) is 54.9 Å². The van der Waals surface area contributed by atoms with E-state index in [1.807, 2.05) is 31.5 Å². The fraction of sp³-hybridized carbons (Fsp3) is 0.441. The fourth-order valence-electron chi connectivity index (χ4n) is 4.61. The maximum Gasteiger partial charge on any atom is 0.413 e. The molecule has 0 amide bonds. The zero-order valence-corrected chi connectivity index (χ0v) is 34.3. The topological polar surface area (TPSA) is 294 Å². The van der Waals surface area contributed by atoms with Gasteiger partial charge in [0.05, 0.1) is 33.4 Å². The third kappa shape index (κ3) is 23.2. The van der Waals surface area contributed by atoms with Crippen LogP contribution < -0.4 is 9.47 Å². The number of nitrogens with zero attached hydrogens (tertiary/aromatic N) is 4. The van der Waals surface area contributed by atoms with Crippen LogP contribution in [0.25, 0.3) is 11.6 Å². The number of aromatic nitrogens is 2. The van der Waals surface area contributed by atoms with Crippen molar-refractivity contribution in [3.63, 3.8) is 0 Å². The average molecular weight is 942 g/mol. The minimum absolute atomic E-state index is 0. The standard InChI is InChI=1S/C13H15NO3.C9H9NO.C4H6N2O2.C4H6O3.C2H4O2.C2H3O.2H2O.2Rh/c1-3-17-13(15)12-8-4-7-5-10(16-2)14-6-9(7)11(8)12;1-11-9-5-7-3-2-4-8(7)6-10-9;1-2-8-4(7)3-6-5;1-3(5)7-4(2)6;1-2(3)4;1-2-3;;;;/h5-6,8,11-12H,3-4H2,1-2H3;2,4-6H,3H2,1H3;3H,2H2,1H3;1-2H3;1H3,(H,3,4);1H3;2*1H2;;/q;;;;;-1;;;;. The van der Waals surface area contributed by atoms with E-state index in [4.69, 9.17) is 34.4 Å². The number of ether oxygens (including phenoxy) is 5. The van der Waals surface area contributed by atoms with Crippen LogP contribution in [0.15, 0.2) is 30.6 Å². The summed E-state index contributed by atoms with van der Waals surface area (Å²) in [7, 11) is 3.25. The molecular formula is C34H47N4O14Rh2-. The summed E-state index contributed by atoms with van der Waals surface area (Å²) in [6.07, 6.45) is 12.1. The molecule has 2 aromatic heterocycles. The van der Waals surface area contributed by atoms with Crippen molar-refractivity contribution in [3.05, 3.63) is 58.4 Å². The molecule has 18 nitrogen and oxygen atoms in total. The Bertz CT molecular complexity index is 1540. The monoisotopic (exact) mass is 941 g/mol. The smallest absolute Gasteiger partial charge is 0.413 e. The molecule has 5 rings (SSSR count). The third-order valence-corrected chi connectivity index (χ3v) is 6.33. The number of methoxy groups -OCH3 is 2. The number of allylic oxidation sites excluding steroid dienone is 1. The molecule has 54 heavy (non-hydrogen) atoms. The second-order valence-electron chi connectivity index (χ2n) is 9.93. The maximum absolute atomic E-state index is 11.7. The summed E-state index contributed by atoms with van der Waals surface area (Å²) in [4.78, 5) is 69.9. The summed E-state index contributed by atoms with van der Waals surface area (Å²) < 4.78 is 23.5.